The fourth-order valence-electron chi connectivity index (χ4n) is 1.99. The first-order chi connectivity index (χ1) is 10.3. The number of carboxylic acid groups (broad SMARTS) is 1. The van der Waals surface area contributed by atoms with Crippen molar-refractivity contribution in [3.05, 3.63) is 64.2 Å². The van der Waals surface area contributed by atoms with Crippen molar-refractivity contribution < 1.29 is 22.2 Å². The van der Waals surface area contributed by atoms with E-state index >= 15 is 0 Å². The summed E-state index contributed by atoms with van der Waals surface area (Å²) in [6.07, 6.45) is 1.04. The van der Waals surface area contributed by atoms with E-state index < -0.39 is 21.1 Å². The minimum Gasteiger partial charge on any atom is -0.478 e. The number of aromatic carboxylic acids is 1. The zero-order chi connectivity index (χ0) is 16.3. The molecule has 0 aliphatic carbocycles. The molecule has 4 nitrogen and oxygen atoms in total. The predicted octanol–water partition coefficient (Wildman–Crippen LogP) is 3.48. The highest BCUT2D eigenvalue weighted by atomic mass is 35.5. The van der Waals surface area contributed by atoms with Gasteiger partial charge in [-0.2, -0.15) is 8.42 Å². The summed E-state index contributed by atoms with van der Waals surface area (Å²) in [6, 6.07) is 10.6. The van der Waals surface area contributed by atoms with Crippen molar-refractivity contribution in [2.24, 2.45) is 0 Å². The molecule has 0 unspecified atom stereocenters. The van der Waals surface area contributed by atoms with Gasteiger partial charge < -0.3 is 5.11 Å². The van der Waals surface area contributed by atoms with Crippen LogP contribution in [0.5, 0.6) is 0 Å². The Morgan fingerprint density at radius 3 is 2.14 bits per heavy atom. The summed E-state index contributed by atoms with van der Waals surface area (Å²) in [7, 11) is -4.85. The lowest BCUT2D eigenvalue weighted by Crippen LogP contribution is -1.98. The van der Waals surface area contributed by atoms with Gasteiger partial charge in [0.05, 0.1) is 10.6 Å². The van der Waals surface area contributed by atoms with Crippen molar-refractivity contribution in [1.29, 1.82) is 0 Å². The van der Waals surface area contributed by atoms with Crippen molar-refractivity contribution >= 4 is 27.8 Å². The molecule has 2 aromatic carbocycles. The molecule has 22 heavy (non-hydrogen) atoms. The SMILES string of the molecule is O=C(O)c1ccc(CCc2ccc(Cl)c(S(=O)(=O)F)c2)cc1. The summed E-state index contributed by atoms with van der Waals surface area (Å²) in [5, 5.41) is 8.66. The fourth-order valence-corrected chi connectivity index (χ4v) is 2.98. The van der Waals surface area contributed by atoms with Gasteiger partial charge in [0.15, 0.2) is 0 Å². The normalized spacial score (nSPS) is 11.4. The van der Waals surface area contributed by atoms with Crippen molar-refractivity contribution in [3.63, 3.8) is 0 Å². The smallest absolute Gasteiger partial charge is 0.335 e. The molecule has 1 N–H and O–H groups in total. The molecule has 0 aromatic heterocycles. The first-order valence-electron chi connectivity index (χ1n) is 6.32. The minimum atomic E-state index is -4.85. The Morgan fingerprint density at radius 1 is 1.05 bits per heavy atom. The van der Waals surface area contributed by atoms with E-state index in [0.29, 0.717) is 18.4 Å². The van der Waals surface area contributed by atoms with Crippen LogP contribution in [0.15, 0.2) is 47.4 Å². The number of hydrogen-bond acceptors (Lipinski definition) is 3. The van der Waals surface area contributed by atoms with Gasteiger partial charge >= 0.3 is 16.2 Å². The number of halogens is 2. The minimum absolute atomic E-state index is 0.155. The topological polar surface area (TPSA) is 71.4 Å². The second kappa shape index (κ2) is 6.46. The molecule has 2 aromatic rings. The van der Waals surface area contributed by atoms with Crippen molar-refractivity contribution in [2.75, 3.05) is 0 Å². The van der Waals surface area contributed by atoms with E-state index in [4.69, 9.17) is 16.7 Å². The molecule has 0 saturated carbocycles. The van der Waals surface area contributed by atoms with Crippen LogP contribution >= 0.6 is 11.6 Å². The van der Waals surface area contributed by atoms with Crippen LogP contribution in [-0.4, -0.2) is 19.5 Å². The van der Waals surface area contributed by atoms with Gasteiger partial charge in [0.1, 0.15) is 4.90 Å². The van der Waals surface area contributed by atoms with Crippen LogP contribution in [0.1, 0.15) is 21.5 Å². The molecule has 0 bridgehead atoms. The maximum atomic E-state index is 13.1. The number of benzene rings is 2. The quantitative estimate of drug-likeness (QED) is 0.844. The van der Waals surface area contributed by atoms with E-state index in [2.05, 4.69) is 0 Å². The Kier molecular flexibility index (Phi) is 4.83. The summed E-state index contributed by atoms with van der Waals surface area (Å²) in [4.78, 5) is 10.2. The van der Waals surface area contributed by atoms with Gasteiger partial charge in [0, 0.05) is 0 Å². The summed E-state index contributed by atoms with van der Waals surface area (Å²) >= 11 is 5.67. The lowest BCUT2D eigenvalue weighted by molar-refractivity contribution is 0.0697. The van der Waals surface area contributed by atoms with Gasteiger partial charge in [-0.05, 0) is 48.2 Å². The average molecular weight is 343 g/mol. The van der Waals surface area contributed by atoms with E-state index in [1.165, 1.54) is 24.3 Å². The van der Waals surface area contributed by atoms with E-state index in [1.54, 1.807) is 18.2 Å². The van der Waals surface area contributed by atoms with Crippen LogP contribution in [-0.2, 0) is 23.1 Å². The highest BCUT2D eigenvalue weighted by Gasteiger charge is 2.17. The summed E-state index contributed by atoms with van der Waals surface area (Å²) < 4.78 is 35.0. The number of carbonyl (C=O) groups is 1. The van der Waals surface area contributed by atoms with Gasteiger partial charge in [0.25, 0.3) is 0 Å². The van der Waals surface area contributed by atoms with Gasteiger partial charge in [-0.25, -0.2) is 4.79 Å². The van der Waals surface area contributed by atoms with Gasteiger partial charge in [-0.3, -0.25) is 0 Å². The molecule has 7 heteroatoms. The standard InChI is InChI=1S/C15H12ClFO4S/c16-13-8-5-11(9-14(13)22(17,20)21)2-1-10-3-6-12(7-4-10)15(18)19/h3-9H,1-2H2,(H,18,19). The Bertz CT molecular complexity index is 801. The molecule has 0 aliphatic rings. The largest absolute Gasteiger partial charge is 0.478 e. The third-order valence-electron chi connectivity index (χ3n) is 3.16. The molecule has 0 saturated heterocycles. The van der Waals surface area contributed by atoms with Crippen LogP contribution in [0.2, 0.25) is 5.02 Å². The summed E-state index contributed by atoms with van der Waals surface area (Å²) in [5.41, 5.74) is 1.72. The Morgan fingerprint density at radius 2 is 1.59 bits per heavy atom. The first kappa shape index (κ1) is 16.5. The van der Waals surface area contributed by atoms with Gasteiger partial charge in [-0.15, -0.1) is 3.89 Å². The highest BCUT2D eigenvalue weighted by molar-refractivity contribution is 7.86. The number of aryl methyl sites for hydroxylation is 2. The second-order valence-electron chi connectivity index (χ2n) is 4.70. The molecule has 0 aliphatic heterocycles. The Hall–Kier alpha value is -1.92. The number of hydrogen-bond donors (Lipinski definition) is 1. The fraction of sp³-hybridized carbons (Fsp3) is 0.133. The van der Waals surface area contributed by atoms with Gasteiger partial charge in [-0.1, -0.05) is 29.8 Å². The van der Waals surface area contributed by atoms with Crippen LogP contribution < -0.4 is 0 Å². The molecule has 0 heterocycles. The predicted molar refractivity (Wildman–Crippen MR) is 80.6 cm³/mol. The molecule has 0 radical (unpaired) electrons. The van der Waals surface area contributed by atoms with E-state index in [0.717, 1.165) is 5.56 Å². The Balaban J connectivity index is 2.13. The van der Waals surface area contributed by atoms with Crippen molar-refractivity contribution in [1.82, 2.24) is 0 Å². The zero-order valence-corrected chi connectivity index (χ0v) is 12.9. The zero-order valence-electron chi connectivity index (χ0n) is 11.3. The Labute approximate surface area is 132 Å². The van der Waals surface area contributed by atoms with E-state index in [9.17, 15) is 17.1 Å². The van der Waals surface area contributed by atoms with Crippen molar-refractivity contribution in [3.8, 4) is 0 Å². The molecular weight excluding hydrogens is 331 g/mol. The lowest BCUT2D eigenvalue weighted by atomic mass is 10.0. The lowest BCUT2D eigenvalue weighted by Gasteiger charge is -2.05. The van der Waals surface area contributed by atoms with E-state index in [1.807, 2.05) is 0 Å². The molecule has 116 valence electrons. The maximum absolute atomic E-state index is 13.1. The molecular formula is C15H12ClFO4S. The summed E-state index contributed by atoms with van der Waals surface area (Å²) in [6.45, 7) is 0. The van der Waals surface area contributed by atoms with Crippen molar-refractivity contribution in [2.45, 2.75) is 17.7 Å². The van der Waals surface area contributed by atoms with Crippen LogP contribution in [0.25, 0.3) is 0 Å². The van der Waals surface area contributed by atoms with Crippen LogP contribution in [0.4, 0.5) is 3.89 Å². The molecule has 0 fully saturated rings. The maximum Gasteiger partial charge on any atom is 0.335 e. The van der Waals surface area contributed by atoms with Crippen LogP contribution in [0.3, 0.4) is 0 Å². The first-order valence-corrected chi connectivity index (χ1v) is 8.09. The molecule has 0 amide bonds. The monoisotopic (exact) mass is 342 g/mol. The van der Waals surface area contributed by atoms with E-state index in [-0.39, 0.29) is 10.6 Å². The van der Waals surface area contributed by atoms with Gasteiger partial charge in [0.2, 0.25) is 0 Å². The summed E-state index contributed by atoms with van der Waals surface area (Å²) in [5.74, 6) is -0.998. The molecule has 0 spiro atoms. The average Bonchev–Trinajstić information content (AvgIpc) is 2.45. The number of carboxylic acids is 1. The molecule has 2 rings (SSSR count). The highest BCUT2D eigenvalue weighted by Crippen LogP contribution is 2.25. The second-order valence-corrected chi connectivity index (χ2v) is 6.43. The third kappa shape index (κ3) is 4.05. The third-order valence-corrected chi connectivity index (χ3v) is 4.47. The number of rotatable bonds is 5. The molecule has 0 atom stereocenters. The van der Waals surface area contributed by atoms with Crippen LogP contribution in [0, 0.1) is 0 Å².